The summed E-state index contributed by atoms with van der Waals surface area (Å²) < 4.78 is 25.8. The number of anilines is 1. The van der Waals surface area contributed by atoms with Gasteiger partial charge in [0.05, 0.1) is 18.0 Å². The molecule has 0 bridgehead atoms. The lowest BCUT2D eigenvalue weighted by atomic mass is 9.97. The van der Waals surface area contributed by atoms with Gasteiger partial charge in [0.25, 0.3) is 0 Å². The maximum absolute atomic E-state index is 12.5. The normalized spacial score (nSPS) is 12.6. The molecule has 0 saturated heterocycles. The number of carbonyl (C=O) groups excluding carboxylic acids is 1. The first-order valence-corrected chi connectivity index (χ1v) is 11.9. The number of rotatable bonds is 10. The van der Waals surface area contributed by atoms with Gasteiger partial charge in [-0.05, 0) is 43.4 Å². The lowest BCUT2D eigenvalue weighted by Gasteiger charge is -2.23. The van der Waals surface area contributed by atoms with Gasteiger partial charge in [-0.3, -0.25) is 9.10 Å². The number of carbonyl (C=O) groups is 1. The van der Waals surface area contributed by atoms with Crippen molar-refractivity contribution < 1.29 is 13.2 Å². The van der Waals surface area contributed by atoms with E-state index in [2.05, 4.69) is 19.2 Å². The van der Waals surface area contributed by atoms with Crippen LogP contribution in [0.2, 0.25) is 0 Å². The van der Waals surface area contributed by atoms with E-state index in [0.717, 1.165) is 17.5 Å². The number of sulfonamides is 1. The van der Waals surface area contributed by atoms with Gasteiger partial charge in [-0.1, -0.05) is 61.9 Å². The topological polar surface area (TPSA) is 66.5 Å². The predicted octanol–water partition coefficient (Wildman–Crippen LogP) is 4.44. The number of aryl methyl sites for hydroxylation is 1. The molecule has 29 heavy (non-hydrogen) atoms. The SMILES string of the molecule is Cc1ccc(N(CCCC(=O)NC(CC(C)C)c2ccccc2)S(C)(=O)=O)cc1. The van der Waals surface area contributed by atoms with E-state index in [1.807, 2.05) is 49.4 Å². The summed E-state index contributed by atoms with van der Waals surface area (Å²) in [4.78, 5) is 12.5. The van der Waals surface area contributed by atoms with Crippen LogP contribution >= 0.6 is 0 Å². The standard InChI is InChI=1S/C23H32N2O3S/c1-18(2)17-22(20-9-6-5-7-10-20)24-23(26)11-8-16-25(29(4,27)28)21-14-12-19(3)13-15-21/h5-7,9-10,12-15,18,22H,8,11,16-17H2,1-4H3,(H,24,26). The molecule has 5 nitrogen and oxygen atoms in total. The highest BCUT2D eigenvalue weighted by atomic mass is 32.2. The summed E-state index contributed by atoms with van der Waals surface area (Å²) in [5, 5.41) is 3.12. The van der Waals surface area contributed by atoms with Crippen molar-refractivity contribution in [2.75, 3.05) is 17.1 Å². The summed E-state index contributed by atoms with van der Waals surface area (Å²) in [5.74, 6) is 0.389. The van der Waals surface area contributed by atoms with Gasteiger partial charge in [0.1, 0.15) is 0 Å². The first-order chi connectivity index (χ1) is 13.7. The lowest BCUT2D eigenvalue weighted by Crippen LogP contribution is -2.33. The Hall–Kier alpha value is -2.34. The van der Waals surface area contributed by atoms with Crippen molar-refractivity contribution in [1.82, 2.24) is 5.32 Å². The van der Waals surface area contributed by atoms with Crippen LogP contribution in [-0.4, -0.2) is 27.1 Å². The first kappa shape index (κ1) is 22.9. The molecule has 2 rings (SSSR count). The fourth-order valence-corrected chi connectivity index (χ4v) is 4.25. The third-order valence-electron chi connectivity index (χ3n) is 4.73. The lowest BCUT2D eigenvalue weighted by molar-refractivity contribution is -0.122. The van der Waals surface area contributed by atoms with Gasteiger partial charge >= 0.3 is 0 Å². The van der Waals surface area contributed by atoms with Crippen LogP contribution in [0.3, 0.4) is 0 Å². The molecule has 1 amide bonds. The molecule has 0 aromatic heterocycles. The second-order valence-corrected chi connectivity index (χ2v) is 9.84. The van der Waals surface area contributed by atoms with Crippen LogP contribution in [0.1, 0.15) is 50.3 Å². The van der Waals surface area contributed by atoms with Crippen molar-refractivity contribution in [3.05, 3.63) is 65.7 Å². The van der Waals surface area contributed by atoms with Crippen molar-refractivity contribution in [3.8, 4) is 0 Å². The number of benzene rings is 2. The maximum Gasteiger partial charge on any atom is 0.232 e. The number of nitrogens with one attached hydrogen (secondary N) is 1. The maximum atomic E-state index is 12.5. The molecule has 1 atom stereocenters. The highest BCUT2D eigenvalue weighted by Gasteiger charge is 2.19. The van der Waals surface area contributed by atoms with Crippen LogP contribution in [0.15, 0.2) is 54.6 Å². The largest absolute Gasteiger partial charge is 0.349 e. The zero-order valence-corrected chi connectivity index (χ0v) is 18.6. The molecular formula is C23H32N2O3S. The Morgan fingerprint density at radius 3 is 2.21 bits per heavy atom. The molecule has 2 aromatic rings. The molecule has 0 aliphatic carbocycles. The van der Waals surface area contributed by atoms with E-state index in [1.165, 1.54) is 10.6 Å². The highest BCUT2D eigenvalue weighted by molar-refractivity contribution is 7.92. The van der Waals surface area contributed by atoms with E-state index in [0.29, 0.717) is 18.0 Å². The van der Waals surface area contributed by atoms with Crippen molar-refractivity contribution >= 4 is 21.6 Å². The minimum absolute atomic E-state index is 0.0354. The summed E-state index contributed by atoms with van der Waals surface area (Å²) in [6.45, 7) is 6.50. The van der Waals surface area contributed by atoms with Crippen LogP contribution in [-0.2, 0) is 14.8 Å². The van der Waals surface area contributed by atoms with E-state index in [1.54, 1.807) is 12.1 Å². The quantitative estimate of drug-likeness (QED) is 0.622. The molecule has 0 heterocycles. The Labute approximate surface area is 175 Å². The molecule has 1 N–H and O–H groups in total. The van der Waals surface area contributed by atoms with Gasteiger partial charge in [0, 0.05) is 13.0 Å². The minimum Gasteiger partial charge on any atom is -0.349 e. The summed E-state index contributed by atoms with van der Waals surface area (Å²) in [5.41, 5.74) is 2.78. The second-order valence-electron chi connectivity index (χ2n) is 7.93. The monoisotopic (exact) mass is 416 g/mol. The van der Waals surface area contributed by atoms with Gasteiger partial charge in [-0.15, -0.1) is 0 Å². The van der Waals surface area contributed by atoms with Crippen molar-refractivity contribution in [3.63, 3.8) is 0 Å². The van der Waals surface area contributed by atoms with Gasteiger partial charge in [-0.2, -0.15) is 0 Å². The van der Waals surface area contributed by atoms with Crippen molar-refractivity contribution in [1.29, 1.82) is 0 Å². The molecule has 1 unspecified atom stereocenters. The Bertz CT molecular complexity index is 878. The summed E-state index contributed by atoms with van der Waals surface area (Å²) >= 11 is 0. The number of hydrogen-bond acceptors (Lipinski definition) is 3. The molecule has 158 valence electrons. The second kappa shape index (κ2) is 10.4. The van der Waals surface area contributed by atoms with Gasteiger partial charge in [0.15, 0.2) is 0 Å². The molecule has 2 aromatic carbocycles. The zero-order chi connectivity index (χ0) is 21.4. The van der Waals surface area contributed by atoms with E-state index < -0.39 is 10.0 Å². The van der Waals surface area contributed by atoms with Gasteiger partial charge in [0.2, 0.25) is 15.9 Å². The number of amides is 1. The molecule has 0 aliphatic heterocycles. The van der Waals surface area contributed by atoms with E-state index >= 15 is 0 Å². The van der Waals surface area contributed by atoms with E-state index in [-0.39, 0.29) is 24.9 Å². The fraction of sp³-hybridized carbons (Fsp3) is 0.435. The Kier molecular flexibility index (Phi) is 8.26. The third kappa shape index (κ3) is 7.54. The molecule has 0 radical (unpaired) electrons. The zero-order valence-electron chi connectivity index (χ0n) is 17.8. The van der Waals surface area contributed by atoms with Crippen molar-refractivity contribution in [2.45, 2.75) is 46.1 Å². The van der Waals surface area contributed by atoms with Gasteiger partial charge in [-0.25, -0.2) is 8.42 Å². The molecule has 0 saturated carbocycles. The van der Waals surface area contributed by atoms with E-state index in [4.69, 9.17) is 0 Å². The number of nitrogens with zero attached hydrogens (tertiary/aromatic N) is 1. The van der Waals surface area contributed by atoms with Crippen LogP contribution < -0.4 is 9.62 Å². The molecular weight excluding hydrogens is 384 g/mol. The van der Waals surface area contributed by atoms with Crippen LogP contribution in [0.25, 0.3) is 0 Å². The van der Waals surface area contributed by atoms with Gasteiger partial charge < -0.3 is 5.32 Å². The predicted molar refractivity (Wildman–Crippen MR) is 119 cm³/mol. The smallest absolute Gasteiger partial charge is 0.232 e. The molecule has 0 fully saturated rings. The minimum atomic E-state index is -3.41. The first-order valence-electron chi connectivity index (χ1n) is 10.1. The van der Waals surface area contributed by atoms with Crippen molar-refractivity contribution in [2.24, 2.45) is 5.92 Å². The summed E-state index contributed by atoms with van der Waals surface area (Å²) in [7, 11) is -3.41. The average molecular weight is 417 g/mol. The fourth-order valence-electron chi connectivity index (χ4n) is 3.28. The van der Waals surface area contributed by atoms with Crippen LogP contribution in [0.5, 0.6) is 0 Å². The number of hydrogen-bond donors (Lipinski definition) is 1. The molecule has 6 heteroatoms. The summed E-state index contributed by atoms with van der Waals surface area (Å²) in [6, 6.07) is 17.3. The highest BCUT2D eigenvalue weighted by Crippen LogP contribution is 2.22. The van der Waals surface area contributed by atoms with E-state index in [9.17, 15) is 13.2 Å². The van der Waals surface area contributed by atoms with Crippen LogP contribution in [0, 0.1) is 12.8 Å². The summed E-state index contributed by atoms with van der Waals surface area (Å²) in [6.07, 6.45) is 2.78. The average Bonchev–Trinajstić information content (AvgIpc) is 2.65. The Morgan fingerprint density at radius 1 is 1.03 bits per heavy atom. The molecule has 0 aliphatic rings. The third-order valence-corrected chi connectivity index (χ3v) is 5.93. The molecule has 0 spiro atoms. The van der Waals surface area contributed by atoms with Crippen LogP contribution in [0.4, 0.5) is 5.69 Å². The Morgan fingerprint density at radius 2 is 1.66 bits per heavy atom. The Balaban J connectivity index is 1.98.